The van der Waals surface area contributed by atoms with Crippen LogP contribution in [0.25, 0.3) is 16.9 Å². The van der Waals surface area contributed by atoms with E-state index in [2.05, 4.69) is 40.5 Å². The van der Waals surface area contributed by atoms with Gasteiger partial charge in [0.05, 0.1) is 11.4 Å². The van der Waals surface area contributed by atoms with Crippen LogP contribution in [0.4, 0.5) is 0 Å². The highest BCUT2D eigenvalue weighted by molar-refractivity contribution is 5.62. The molecule has 0 bridgehead atoms. The molecule has 0 aliphatic carbocycles. The van der Waals surface area contributed by atoms with Gasteiger partial charge in [0.15, 0.2) is 0 Å². The summed E-state index contributed by atoms with van der Waals surface area (Å²) in [5.74, 6) is 0.750. The fourth-order valence-corrected chi connectivity index (χ4v) is 4.01. The molecule has 3 heterocycles. The lowest BCUT2D eigenvalue weighted by atomic mass is 10.1. The second kappa shape index (κ2) is 9.13. The van der Waals surface area contributed by atoms with Gasteiger partial charge < -0.3 is 10.2 Å². The van der Waals surface area contributed by atoms with E-state index in [1.807, 2.05) is 47.4 Å². The van der Waals surface area contributed by atoms with Crippen molar-refractivity contribution in [2.24, 2.45) is 5.92 Å². The van der Waals surface area contributed by atoms with E-state index in [-0.39, 0.29) is 0 Å². The molecule has 5 nitrogen and oxygen atoms in total. The molecule has 2 aromatic heterocycles. The van der Waals surface area contributed by atoms with E-state index in [9.17, 15) is 0 Å². The maximum absolute atomic E-state index is 4.88. The van der Waals surface area contributed by atoms with Crippen LogP contribution in [0.15, 0.2) is 61.1 Å². The molecule has 1 N–H and O–H groups in total. The third-order valence-corrected chi connectivity index (χ3v) is 5.42. The average molecular weight is 376 g/mol. The molecule has 0 amide bonds. The van der Waals surface area contributed by atoms with E-state index in [1.54, 1.807) is 0 Å². The van der Waals surface area contributed by atoms with Crippen molar-refractivity contribution in [2.45, 2.75) is 26.3 Å². The maximum Gasteiger partial charge on any atom is 0.0973 e. The van der Waals surface area contributed by atoms with Crippen molar-refractivity contribution in [1.82, 2.24) is 25.0 Å². The van der Waals surface area contributed by atoms with Crippen molar-refractivity contribution in [3.8, 4) is 16.9 Å². The van der Waals surface area contributed by atoms with Crippen molar-refractivity contribution in [1.29, 1.82) is 0 Å². The Morgan fingerprint density at radius 3 is 2.71 bits per heavy atom. The van der Waals surface area contributed by atoms with Gasteiger partial charge in [-0.25, -0.2) is 4.68 Å². The molecule has 1 fully saturated rings. The number of para-hydroxylation sites is 1. The molecule has 1 unspecified atom stereocenters. The predicted molar refractivity (Wildman–Crippen MR) is 113 cm³/mol. The molecule has 1 saturated heterocycles. The molecular weight excluding hydrogens is 346 g/mol. The van der Waals surface area contributed by atoms with Gasteiger partial charge in [-0.2, -0.15) is 5.10 Å². The van der Waals surface area contributed by atoms with Gasteiger partial charge in [0.1, 0.15) is 0 Å². The number of hydrogen-bond acceptors (Lipinski definition) is 4. The molecule has 3 aromatic rings. The topological polar surface area (TPSA) is 46.0 Å². The standard InChI is InChI=1S/C23H29N5/c1-2-13-27-14-10-19(17-27)15-25-16-21-18-28(22-6-4-3-5-7-22)26-23(21)20-8-11-24-12-9-20/h3-9,11-12,18-19,25H,2,10,13-17H2,1H3. The minimum Gasteiger partial charge on any atom is -0.312 e. The average Bonchev–Trinajstić information content (AvgIpc) is 3.37. The monoisotopic (exact) mass is 375 g/mol. The predicted octanol–water partition coefficient (Wildman–Crippen LogP) is 3.76. The van der Waals surface area contributed by atoms with Gasteiger partial charge in [0, 0.05) is 42.8 Å². The van der Waals surface area contributed by atoms with Crippen LogP contribution in [0, 0.1) is 5.92 Å². The highest BCUT2D eigenvalue weighted by Crippen LogP contribution is 2.23. The molecule has 0 radical (unpaired) electrons. The first-order valence-electron chi connectivity index (χ1n) is 10.3. The van der Waals surface area contributed by atoms with E-state index in [4.69, 9.17) is 5.10 Å². The van der Waals surface area contributed by atoms with E-state index < -0.39 is 0 Å². The Hall–Kier alpha value is -2.50. The van der Waals surface area contributed by atoms with Gasteiger partial charge >= 0.3 is 0 Å². The van der Waals surface area contributed by atoms with Crippen LogP contribution in [0.2, 0.25) is 0 Å². The normalized spacial score (nSPS) is 17.2. The van der Waals surface area contributed by atoms with Crippen LogP contribution in [0.5, 0.6) is 0 Å². The van der Waals surface area contributed by atoms with Gasteiger partial charge in [-0.05, 0) is 62.7 Å². The lowest BCUT2D eigenvalue weighted by Crippen LogP contribution is -2.26. The third kappa shape index (κ3) is 4.49. The summed E-state index contributed by atoms with van der Waals surface area (Å²) in [6, 6.07) is 14.3. The van der Waals surface area contributed by atoms with Gasteiger partial charge in [0.2, 0.25) is 0 Å². The molecule has 1 aliphatic heterocycles. The molecule has 5 heteroatoms. The van der Waals surface area contributed by atoms with Gasteiger partial charge in [-0.3, -0.25) is 4.98 Å². The van der Waals surface area contributed by atoms with Gasteiger partial charge in [0.25, 0.3) is 0 Å². The molecule has 146 valence electrons. The largest absolute Gasteiger partial charge is 0.312 e. The smallest absolute Gasteiger partial charge is 0.0973 e. The Bertz CT molecular complexity index is 859. The highest BCUT2D eigenvalue weighted by atomic mass is 15.3. The zero-order valence-corrected chi connectivity index (χ0v) is 16.6. The number of likely N-dealkylation sites (tertiary alicyclic amines) is 1. The van der Waals surface area contributed by atoms with Crippen LogP contribution < -0.4 is 5.32 Å². The van der Waals surface area contributed by atoms with Crippen molar-refractivity contribution >= 4 is 0 Å². The lowest BCUT2D eigenvalue weighted by Gasteiger charge is -2.15. The number of nitrogens with zero attached hydrogens (tertiary/aromatic N) is 4. The van der Waals surface area contributed by atoms with Gasteiger partial charge in [-0.1, -0.05) is 25.1 Å². The summed E-state index contributed by atoms with van der Waals surface area (Å²) in [5.41, 5.74) is 4.43. The summed E-state index contributed by atoms with van der Waals surface area (Å²) >= 11 is 0. The minimum atomic E-state index is 0.750. The summed E-state index contributed by atoms with van der Waals surface area (Å²) in [7, 11) is 0. The number of aromatic nitrogens is 3. The second-order valence-corrected chi connectivity index (χ2v) is 7.61. The Balaban J connectivity index is 1.47. The molecule has 4 rings (SSSR count). The Kier molecular flexibility index (Phi) is 6.14. The first-order valence-corrected chi connectivity index (χ1v) is 10.3. The molecule has 1 aromatic carbocycles. The summed E-state index contributed by atoms with van der Waals surface area (Å²) in [5, 5.41) is 8.56. The van der Waals surface area contributed by atoms with Crippen LogP contribution in [-0.2, 0) is 6.54 Å². The molecule has 28 heavy (non-hydrogen) atoms. The first kappa shape index (κ1) is 18.8. The number of nitrogens with one attached hydrogen (secondary N) is 1. The van der Waals surface area contributed by atoms with Crippen LogP contribution in [0.3, 0.4) is 0 Å². The van der Waals surface area contributed by atoms with Crippen molar-refractivity contribution in [3.63, 3.8) is 0 Å². The van der Waals surface area contributed by atoms with E-state index in [0.29, 0.717) is 0 Å². The molecule has 0 saturated carbocycles. The third-order valence-electron chi connectivity index (χ3n) is 5.42. The SMILES string of the molecule is CCCN1CCC(CNCc2cn(-c3ccccc3)nc2-c2ccncc2)C1. The summed E-state index contributed by atoms with van der Waals surface area (Å²) in [6.45, 7) is 7.85. The number of benzene rings is 1. The molecule has 1 aliphatic rings. The van der Waals surface area contributed by atoms with E-state index >= 15 is 0 Å². The molecule has 1 atom stereocenters. The Morgan fingerprint density at radius 1 is 1.11 bits per heavy atom. The fourth-order valence-electron chi connectivity index (χ4n) is 4.01. The summed E-state index contributed by atoms with van der Waals surface area (Å²) in [6.07, 6.45) is 8.35. The highest BCUT2D eigenvalue weighted by Gasteiger charge is 2.21. The quantitative estimate of drug-likeness (QED) is 0.651. The van der Waals surface area contributed by atoms with Crippen LogP contribution >= 0.6 is 0 Å². The van der Waals surface area contributed by atoms with Crippen molar-refractivity contribution in [3.05, 3.63) is 66.6 Å². The summed E-state index contributed by atoms with van der Waals surface area (Å²) in [4.78, 5) is 6.73. The van der Waals surface area contributed by atoms with Crippen LogP contribution in [-0.4, -0.2) is 45.8 Å². The lowest BCUT2D eigenvalue weighted by molar-refractivity contribution is 0.322. The zero-order valence-electron chi connectivity index (χ0n) is 16.6. The number of hydrogen-bond donors (Lipinski definition) is 1. The minimum absolute atomic E-state index is 0.750. The first-order chi connectivity index (χ1) is 13.8. The van der Waals surface area contributed by atoms with Gasteiger partial charge in [-0.15, -0.1) is 0 Å². The molecule has 0 spiro atoms. The molecular formula is C23H29N5. The van der Waals surface area contributed by atoms with E-state index in [1.165, 1.54) is 38.0 Å². The zero-order chi connectivity index (χ0) is 19.2. The maximum atomic E-state index is 4.88. The Morgan fingerprint density at radius 2 is 1.93 bits per heavy atom. The number of pyridine rings is 1. The number of rotatable bonds is 8. The summed E-state index contributed by atoms with van der Waals surface area (Å²) < 4.78 is 1.98. The Labute approximate surface area is 167 Å². The van der Waals surface area contributed by atoms with Crippen LogP contribution in [0.1, 0.15) is 25.3 Å². The second-order valence-electron chi connectivity index (χ2n) is 7.61. The fraction of sp³-hybridized carbons (Fsp3) is 0.391. The van der Waals surface area contributed by atoms with E-state index in [0.717, 1.165) is 36.0 Å². The van der Waals surface area contributed by atoms with Crippen molar-refractivity contribution in [2.75, 3.05) is 26.2 Å². The van der Waals surface area contributed by atoms with Crippen molar-refractivity contribution < 1.29 is 0 Å².